The number of hydrogen-bond acceptors (Lipinski definition) is 8. The molecule has 3 N–H and O–H groups in total. The number of benzene rings is 2. The van der Waals surface area contributed by atoms with Crippen molar-refractivity contribution < 1.29 is 29.0 Å². The first-order valence-corrected chi connectivity index (χ1v) is 20.0. The van der Waals surface area contributed by atoms with E-state index in [1.165, 1.54) is 0 Å². The van der Waals surface area contributed by atoms with Crippen molar-refractivity contribution in [2.24, 2.45) is 5.92 Å². The van der Waals surface area contributed by atoms with E-state index < -0.39 is 37.0 Å². The summed E-state index contributed by atoms with van der Waals surface area (Å²) >= 11 is 0. The Labute approximate surface area is 277 Å². The number of para-hydroxylation sites is 1. The van der Waals surface area contributed by atoms with Crippen molar-refractivity contribution in [3.63, 3.8) is 0 Å². The molecule has 47 heavy (non-hydrogen) atoms. The van der Waals surface area contributed by atoms with E-state index in [0.717, 1.165) is 31.6 Å². The predicted octanol–water partition coefficient (Wildman–Crippen LogP) is 2.77. The molecule has 2 aromatic rings. The van der Waals surface area contributed by atoms with Gasteiger partial charge >= 0.3 is 0 Å². The Morgan fingerprint density at radius 3 is 2.47 bits per heavy atom. The smallest absolute Gasteiger partial charge is 0.264 e. The lowest BCUT2D eigenvalue weighted by atomic mass is 9.82. The number of fused-ring (bicyclic) bond motifs is 2. The highest BCUT2D eigenvalue weighted by Gasteiger charge is 2.66. The SMILES string of the molecule is C[C@@H]1[C@@H]([Si](C)(C)O)[C@H](CC(=O)N2CCC[C@H]2CO)O[C@@]12C(=O)N(C)c1ccc(N3CN(c4ccccc4)C4(CCNCC4)C3=O)cc12. The Bertz CT molecular complexity index is 1560. The molecule has 0 unspecified atom stereocenters. The molecule has 2 aromatic carbocycles. The lowest BCUT2D eigenvalue weighted by Crippen LogP contribution is -2.55. The minimum Gasteiger partial charge on any atom is -0.432 e. The van der Waals surface area contributed by atoms with Crippen LogP contribution in [0.25, 0.3) is 0 Å². The summed E-state index contributed by atoms with van der Waals surface area (Å²) in [5, 5.41) is 13.3. The zero-order valence-corrected chi connectivity index (χ0v) is 28.8. The minimum atomic E-state index is -2.96. The summed E-state index contributed by atoms with van der Waals surface area (Å²) in [4.78, 5) is 61.5. The summed E-state index contributed by atoms with van der Waals surface area (Å²) in [6, 6.07) is 15.6. The molecule has 12 heteroatoms. The number of amides is 3. The van der Waals surface area contributed by atoms with E-state index >= 15 is 0 Å². The first-order valence-electron chi connectivity index (χ1n) is 17.0. The van der Waals surface area contributed by atoms with E-state index in [-0.39, 0.29) is 36.8 Å². The van der Waals surface area contributed by atoms with Gasteiger partial charge in [-0.05, 0) is 82.2 Å². The third-order valence-corrected chi connectivity index (χ3v) is 14.1. The normalized spacial score (nSPS) is 30.3. The van der Waals surface area contributed by atoms with Gasteiger partial charge in [0.1, 0.15) is 5.54 Å². The molecule has 0 aromatic heterocycles. The summed E-state index contributed by atoms with van der Waals surface area (Å²) < 4.78 is 6.87. The van der Waals surface area contributed by atoms with Gasteiger partial charge < -0.3 is 34.7 Å². The van der Waals surface area contributed by atoms with Gasteiger partial charge in [0.25, 0.3) is 11.8 Å². The molecule has 4 fully saturated rings. The van der Waals surface area contributed by atoms with Gasteiger partial charge in [-0.25, -0.2) is 0 Å². The molecule has 11 nitrogen and oxygen atoms in total. The highest BCUT2D eigenvalue weighted by Crippen LogP contribution is 2.60. The third kappa shape index (κ3) is 4.86. The van der Waals surface area contributed by atoms with Gasteiger partial charge in [-0.15, -0.1) is 0 Å². The predicted molar refractivity (Wildman–Crippen MR) is 182 cm³/mol. The monoisotopic (exact) mass is 661 g/mol. The second-order valence-corrected chi connectivity index (χ2v) is 18.6. The van der Waals surface area contributed by atoms with E-state index in [0.29, 0.717) is 43.0 Å². The molecule has 2 spiro atoms. The number of carbonyl (C=O) groups is 3. The number of anilines is 3. The molecule has 3 amide bonds. The van der Waals surface area contributed by atoms with E-state index in [4.69, 9.17) is 4.74 Å². The molecular weight excluding hydrogens is 615 g/mol. The van der Waals surface area contributed by atoms with Crippen molar-refractivity contribution >= 4 is 43.1 Å². The van der Waals surface area contributed by atoms with Gasteiger partial charge in [0.05, 0.1) is 37.5 Å². The van der Waals surface area contributed by atoms with Crippen molar-refractivity contribution in [1.82, 2.24) is 10.2 Å². The fourth-order valence-corrected chi connectivity index (χ4v) is 11.9. The standard InChI is InChI=1S/C35H47N5O6Si/c1-23-31(47(3,4)45)29(20-30(42)38-18-8-11-26(38)21-41)46-35(23)27-19-25(12-13-28(27)37(2)33(35)44)39-22-40(24-9-6-5-7-10-24)34(32(39)43)14-16-36-17-15-34/h5-7,9-10,12-13,19,23,26,29,31,36,41,45H,8,11,14-18,20-22H2,1-4H3/t23-,26+,29+,31-,35+/m1/s1. The largest absolute Gasteiger partial charge is 0.432 e. The average molecular weight is 662 g/mol. The van der Waals surface area contributed by atoms with Crippen molar-refractivity contribution in [3.8, 4) is 0 Å². The average Bonchev–Trinajstić information content (AvgIpc) is 3.78. The molecule has 0 saturated carbocycles. The fraction of sp³-hybridized carbons (Fsp3) is 0.571. The van der Waals surface area contributed by atoms with Crippen LogP contribution in [0.5, 0.6) is 0 Å². The number of nitrogens with zero attached hydrogens (tertiary/aromatic N) is 4. The van der Waals surface area contributed by atoms with Crippen LogP contribution >= 0.6 is 0 Å². The Morgan fingerprint density at radius 1 is 1.06 bits per heavy atom. The highest BCUT2D eigenvalue weighted by molar-refractivity contribution is 6.71. The van der Waals surface area contributed by atoms with Crippen molar-refractivity contribution in [1.29, 1.82) is 0 Å². The molecule has 5 heterocycles. The number of carbonyl (C=O) groups excluding carboxylic acids is 3. The second-order valence-electron chi connectivity index (χ2n) is 14.6. The van der Waals surface area contributed by atoms with Crippen LogP contribution in [-0.2, 0) is 24.7 Å². The van der Waals surface area contributed by atoms with Crippen LogP contribution in [0.3, 0.4) is 0 Å². The molecule has 0 aliphatic carbocycles. The van der Waals surface area contributed by atoms with Gasteiger partial charge in [-0.3, -0.25) is 19.3 Å². The molecule has 252 valence electrons. The molecule has 4 saturated heterocycles. The van der Waals surface area contributed by atoms with Crippen LogP contribution in [0.2, 0.25) is 18.6 Å². The lowest BCUT2D eigenvalue weighted by molar-refractivity contribution is -0.149. The maximum atomic E-state index is 14.5. The number of likely N-dealkylation sites (N-methyl/N-ethyl adjacent to an activating group) is 1. The summed E-state index contributed by atoms with van der Waals surface area (Å²) in [6.07, 6.45) is 2.33. The summed E-state index contributed by atoms with van der Waals surface area (Å²) in [7, 11) is -1.23. The third-order valence-electron chi connectivity index (χ3n) is 11.6. The second kappa shape index (κ2) is 11.7. The van der Waals surface area contributed by atoms with Crippen LogP contribution in [0.1, 0.15) is 44.6 Å². The number of ether oxygens (including phenoxy) is 1. The summed E-state index contributed by atoms with van der Waals surface area (Å²) in [6.45, 7) is 8.03. The maximum absolute atomic E-state index is 14.5. The van der Waals surface area contributed by atoms with Crippen molar-refractivity contribution in [3.05, 3.63) is 54.1 Å². The number of nitrogens with one attached hydrogen (secondary N) is 1. The quantitative estimate of drug-likeness (QED) is 0.404. The minimum absolute atomic E-state index is 0.0312. The summed E-state index contributed by atoms with van der Waals surface area (Å²) in [5.74, 6) is -0.721. The van der Waals surface area contributed by atoms with Crippen LogP contribution in [0.15, 0.2) is 48.5 Å². The zero-order valence-electron chi connectivity index (χ0n) is 27.8. The van der Waals surface area contributed by atoms with Crippen molar-refractivity contribution in [2.75, 3.05) is 54.7 Å². The fourth-order valence-electron chi connectivity index (χ4n) is 9.35. The Balaban J connectivity index is 1.27. The van der Waals surface area contributed by atoms with Gasteiger partial charge in [-0.1, -0.05) is 25.1 Å². The van der Waals surface area contributed by atoms with E-state index in [1.54, 1.807) is 16.8 Å². The van der Waals surface area contributed by atoms with Gasteiger partial charge in [0, 0.05) is 42.0 Å². The number of hydrogen-bond donors (Lipinski definition) is 3. The van der Waals surface area contributed by atoms with Crippen LogP contribution in [-0.4, -0.2) is 98.5 Å². The number of likely N-dealkylation sites (tertiary alicyclic amines) is 1. The van der Waals surface area contributed by atoms with Gasteiger partial charge in [0.15, 0.2) is 13.9 Å². The van der Waals surface area contributed by atoms with E-state index in [1.807, 2.05) is 73.4 Å². The Hall–Kier alpha value is -3.29. The van der Waals surface area contributed by atoms with Crippen LogP contribution in [0.4, 0.5) is 17.1 Å². The topological polar surface area (TPSA) is 126 Å². The first-order chi connectivity index (χ1) is 22.4. The van der Waals surface area contributed by atoms with E-state index in [9.17, 15) is 24.3 Å². The highest BCUT2D eigenvalue weighted by atomic mass is 28.4. The number of aliphatic hydroxyl groups excluding tert-OH is 1. The van der Waals surface area contributed by atoms with Gasteiger partial charge in [-0.2, -0.15) is 0 Å². The maximum Gasteiger partial charge on any atom is 0.264 e. The lowest BCUT2D eigenvalue weighted by Gasteiger charge is -2.39. The zero-order chi connectivity index (χ0) is 33.3. The molecular formula is C35H47N5O6Si. The Kier molecular flexibility index (Phi) is 8.03. The molecule has 5 atom stereocenters. The summed E-state index contributed by atoms with van der Waals surface area (Å²) in [5.41, 5.74) is 0.606. The molecule has 5 aliphatic rings. The van der Waals surface area contributed by atoms with Crippen molar-refractivity contribution in [2.45, 2.75) is 80.9 Å². The van der Waals surface area contributed by atoms with Crippen LogP contribution < -0.4 is 20.0 Å². The number of rotatable bonds is 6. The Morgan fingerprint density at radius 2 is 1.79 bits per heavy atom. The number of piperidine rings is 1. The number of aliphatic hydroxyl groups is 1. The van der Waals surface area contributed by atoms with E-state index in [2.05, 4.69) is 10.2 Å². The molecule has 7 rings (SSSR count). The first kappa shape index (κ1) is 32.3. The van der Waals surface area contributed by atoms with Crippen LogP contribution in [0, 0.1) is 5.92 Å². The molecule has 0 radical (unpaired) electrons. The molecule has 0 bridgehead atoms. The molecule has 5 aliphatic heterocycles. The van der Waals surface area contributed by atoms with Gasteiger partial charge in [0.2, 0.25) is 5.91 Å².